The number of rotatable bonds is 3. The van der Waals surface area contributed by atoms with Gasteiger partial charge in [0.05, 0.1) is 0 Å². The van der Waals surface area contributed by atoms with Crippen molar-refractivity contribution in [3.63, 3.8) is 0 Å². The van der Waals surface area contributed by atoms with Crippen LogP contribution in [-0.4, -0.2) is 21.5 Å². The summed E-state index contributed by atoms with van der Waals surface area (Å²) in [6.07, 6.45) is 1.91. The maximum atomic E-state index is 10.7. The number of aromatic hydroxyl groups is 2. The van der Waals surface area contributed by atoms with E-state index < -0.39 is 5.75 Å². The maximum Gasteiger partial charge on any atom is 0.174 e. The van der Waals surface area contributed by atoms with Crippen molar-refractivity contribution in [3.05, 3.63) is 42.1 Å². The fourth-order valence-corrected chi connectivity index (χ4v) is 1.30. The fraction of sp³-hybridized carbons (Fsp3) is 0. The van der Waals surface area contributed by atoms with E-state index in [1.54, 1.807) is 24.4 Å². The third-order valence-electron chi connectivity index (χ3n) is 2.20. The first-order valence-electron chi connectivity index (χ1n) is 5.05. The zero-order valence-corrected chi connectivity index (χ0v) is 9.19. The molecule has 1 aromatic carbocycles. The van der Waals surface area contributed by atoms with E-state index in [9.17, 15) is 15.0 Å². The van der Waals surface area contributed by atoms with E-state index >= 15 is 0 Å². The Labute approximate surface area is 102 Å². The monoisotopic (exact) mass is 243 g/mol. The minimum atomic E-state index is -0.412. The lowest BCUT2D eigenvalue weighted by molar-refractivity contribution is 0.111. The Hall–Kier alpha value is -2.76. The van der Waals surface area contributed by atoms with Crippen LogP contribution in [0.3, 0.4) is 0 Å². The van der Waals surface area contributed by atoms with Gasteiger partial charge in [-0.25, -0.2) is 4.98 Å². The van der Waals surface area contributed by atoms with Crippen molar-refractivity contribution in [2.45, 2.75) is 0 Å². The Balaban J connectivity index is 2.36. The maximum absolute atomic E-state index is 10.7. The molecule has 6 nitrogen and oxygen atoms in total. The van der Waals surface area contributed by atoms with E-state index in [4.69, 9.17) is 0 Å². The van der Waals surface area contributed by atoms with Gasteiger partial charge in [-0.15, -0.1) is 10.2 Å². The molecule has 0 aliphatic carbocycles. The van der Waals surface area contributed by atoms with E-state index in [-0.39, 0.29) is 17.0 Å². The average molecular weight is 243 g/mol. The van der Waals surface area contributed by atoms with Crippen LogP contribution in [-0.2, 0) is 0 Å². The highest BCUT2D eigenvalue weighted by Gasteiger charge is 2.11. The Kier molecular flexibility index (Phi) is 3.29. The topological polar surface area (TPSA) is 95.1 Å². The highest BCUT2D eigenvalue weighted by molar-refractivity contribution is 5.86. The summed E-state index contributed by atoms with van der Waals surface area (Å²) in [5.41, 5.74) is -0.131. The number of aromatic nitrogens is 1. The van der Waals surface area contributed by atoms with Gasteiger partial charge in [-0.3, -0.25) is 4.79 Å². The number of benzene rings is 1. The van der Waals surface area contributed by atoms with Crippen LogP contribution in [0.2, 0.25) is 0 Å². The number of carbonyl (C=O) groups is 1. The summed E-state index contributed by atoms with van der Waals surface area (Å²) in [5.74, 6) is -0.346. The quantitative estimate of drug-likeness (QED) is 0.640. The molecule has 1 heterocycles. The van der Waals surface area contributed by atoms with Crippen LogP contribution < -0.4 is 0 Å². The lowest BCUT2D eigenvalue weighted by Crippen LogP contribution is -1.82. The molecule has 0 aliphatic rings. The second-order valence-electron chi connectivity index (χ2n) is 3.37. The number of hydrogen-bond donors (Lipinski definition) is 2. The van der Waals surface area contributed by atoms with Gasteiger partial charge in [-0.1, -0.05) is 6.07 Å². The van der Waals surface area contributed by atoms with Crippen LogP contribution in [0.5, 0.6) is 11.5 Å². The molecule has 0 radical (unpaired) electrons. The number of carbonyl (C=O) groups excluding carboxylic acids is 1. The highest BCUT2D eigenvalue weighted by atomic mass is 16.3. The first kappa shape index (κ1) is 11.7. The molecule has 1 aromatic heterocycles. The molecule has 0 saturated heterocycles. The van der Waals surface area contributed by atoms with E-state index in [1.807, 2.05) is 0 Å². The van der Waals surface area contributed by atoms with Crippen LogP contribution in [0.15, 0.2) is 46.8 Å². The van der Waals surface area contributed by atoms with Gasteiger partial charge in [-0.05, 0) is 24.3 Å². The molecule has 0 aliphatic heterocycles. The molecule has 18 heavy (non-hydrogen) atoms. The molecule has 0 fully saturated rings. The Morgan fingerprint density at radius 2 is 1.94 bits per heavy atom. The van der Waals surface area contributed by atoms with Crippen molar-refractivity contribution in [2.24, 2.45) is 10.2 Å². The normalized spacial score (nSPS) is 10.7. The number of aldehydes is 1. The van der Waals surface area contributed by atoms with Gasteiger partial charge in [0.2, 0.25) is 0 Å². The van der Waals surface area contributed by atoms with Crippen molar-refractivity contribution in [2.75, 3.05) is 0 Å². The first-order chi connectivity index (χ1) is 8.72. The van der Waals surface area contributed by atoms with Crippen molar-refractivity contribution < 1.29 is 15.0 Å². The first-order valence-corrected chi connectivity index (χ1v) is 5.05. The molecule has 6 heteroatoms. The highest BCUT2D eigenvalue weighted by Crippen LogP contribution is 2.35. The van der Waals surface area contributed by atoms with Crippen LogP contribution in [0.1, 0.15) is 10.4 Å². The zero-order chi connectivity index (χ0) is 13.0. The van der Waals surface area contributed by atoms with Crippen LogP contribution in [0.25, 0.3) is 0 Å². The number of pyridine rings is 1. The number of nitrogens with zero attached hydrogens (tertiary/aromatic N) is 3. The van der Waals surface area contributed by atoms with Crippen LogP contribution >= 0.6 is 0 Å². The van der Waals surface area contributed by atoms with Crippen molar-refractivity contribution in [1.29, 1.82) is 0 Å². The summed E-state index contributed by atoms with van der Waals surface area (Å²) in [6.45, 7) is 0. The van der Waals surface area contributed by atoms with Gasteiger partial charge in [0.25, 0.3) is 0 Å². The molecule has 0 spiro atoms. The third kappa shape index (κ3) is 2.32. The molecule has 2 rings (SSSR count). The largest absolute Gasteiger partial charge is 0.507 e. The molecule has 0 unspecified atom stereocenters. The predicted octanol–water partition coefficient (Wildman–Crippen LogP) is 2.72. The Morgan fingerprint density at radius 1 is 1.11 bits per heavy atom. The van der Waals surface area contributed by atoms with Gasteiger partial charge >= 0.3 is 0 Å². The molecule has 0 bridgehead atoms. The predicted molar refractivity (Wildman–Crippen MR) is 63.6 cm³/mol. The molecule has 90 valence electrons. The Bertz CT molecular complexity index is 597. The summed E-state index contributed by atoms with van der Waals surface area (Å²) < 4.78 is 0. The third-order valence-corrected chi connectivity index (χ3v) is 2.20. The second kappa shape index (κ2) is 5.05. The minimum absolute atomic E-state index is 0.0838. The smallest absolute Gasteiger partial charge is 0.174 e. The molecule has 2 N–H and O–H groups in total. The SMILES string of the molecule is O=Cc1c(O)ccc(N=Nc2ccccn2)c1O. The molecular formula is C12H9N3O3. The summed E-state index contributed by atoms with van der Waals surface area (Å²) in [5, 5.41) is 26.6. The van der Waals surface area contributed by atoms with Crippen molar-refractivity contribution in [1.82, 2.24) is 4.98 Å². The number of hydrogen-bond acceptors (Lipinski definition) is 6. The standard InChI is InChI=1S/C12H9N3O3/c16-7-8-10(17)5-4-9(12(8)18)14-15-11-3-1-2-6-13-11/h1-7,17-18H. The van der Waals surface area contributed by atoms with Gasteiger partial charge in [-0.2, -0.15) is 0 Å². The van der Waals surface area contributed by atoms with Crippen LogP contribution in [0.4, 0.5) is 11.5 Å². The molecule has 0 atom stereocenters. The van der Waals surface area contributed by atoms with Gasteiger partial charge in [0, 0.05) is 6.20 Å². The van der Waals surface area contributed by atoms with E-state index in [0.717, 1.165) is 0 Å². The van der Waals surface area contributed by atoms with E-state index in [2.05, 4.69) is 15.2 Å². The minimum Gasteiger partial charge on any atom is -0.507 e. The number of phenolic OH excluding ortho intramolecular Hbond substituents is 2. The molecular weight excluding hydrogens is 234 g/mol. The molecule has 2 aromatic rings. The van der Waals surface area contributed by atoms with Gasteiger partial charge in [0.1, 0.15) is 17.0 Å². The second-order valence-corrected chi connectivity index (χ2v) is 3.37. The number of phenols is 2. The summed E-state index contributed by atoms with van der Waals surface area (Å²) >= 11 is 0. The summed E-state index contributed by atoms with van der Waals surface area (Å²) in [4.78, 5) is 14.6. The summed E-state index contributed by atoms with van der Waals surface area (Å²) in [7, 11) is 0. The fourth-order valence-electron chi connectivity index (χ4n) is 1.30. The van der Waals surface area contributed by atoms with Crippen molar-refractivity contribution >= 4 is 17.8 Å². The lowest BCUT2D eigenvalue weighted by Gasteiger charge is -2.02. The molecule has 0 saturated carbocycles. The van der Waals surface area contributed by atoms with Crippen LogP contribution in [0, 0.1) is 0 Å². The van der Waals surface area contributed by atoms with Gasteiger partial charge < -0.3 is 10.2 Å². The zero-order valence-electron chi connectivity index (χ0n) is 9.19. The van der Waals surface area contributed by atoms with E-state index in [0.29, 0.717) is 12.1 Å². The van der Waals surface area contributed by atoms with Gasteiger partial charge in [0.15, 0.2) is 17.9 Å². The van der Waals surface area contributed by atoms with Crippen molar-refractivity contribution in [3.8, 4) is 11.5 Å². The lowest BCUT2D eigenvalue weighted by atomic mass is 10.1. The molecule has 0 amide bonds. The Morgan fingerprint density at radius 3 is 2.61 bits per heavy atom. The average Bonchev–Trinajstić information content (AvgIpc) is 2.40. The summed E-state index contributed by atoms with van der Waals surface area (Å²) in [6, 6.07) is 7.73. The van der Waals surface area contributed by atoms with E-state index in [1.165, 1.54) is 12.1 Å². The number of azo groups is 1.